The summed E-state index contributed by atoms with van der Waals surface area (Å²) in [4.78, 5) is 2.46. The van der Waals surface area contributed by atoms with E-state index in [2.05, 4.69) is 66.4 Å². The third-order valence-electron chi connectivity index (χ3n) is 7.34. The van der Waals surface area contributed by atoms with Gasteiger partial charge in [-0.15, -0.1) is 0 Å². The van der Waals surface area contributed by atoms with Gasteiger partial charge in [0, 0.05) is 12.1 Å². The van der Waals surface area contributed by atoms with Crippen LogP contribution in [-0.4, -0.2) is 18.0 Å². The van der Waals surface area contributed by atoms with E-state index >= 15 is 0 Å². The summed E-state index contributed by atoms with van der Waals surface area (Å²) in [6.07, 6.45) is 3.72. The van der Waals surface area contributed by atoms with Gasteiger partial charge >= 0.3 is 0 Å². The van der Waals surface area contributed by atoms with Crippen LogP contribution >= 0.6 is 11.6 Å². The predicted molar refractivity (Wildman–Crippen MR) is 157 cm³/mol. The van der Waals surface area contributed by atoms with Crippen LogP contribution in [0.4, 0.5) is 0 Å². The number of hydrogen-bond donors (Lipinski definition) is 0. The SMILES string of the molecule is Cc1c(COc2ccc(CN3CCCCC3)c(OCc3cccc(C#N)c3)c2Cl)cccc1-c1ccccc1. The molecule has 39 heavy (non-hydrogen) atoms. The number of rotatable bonds is 9. The molecule has 0 radical (unpaired) electrons. The summed E-state index contributed by atoms with van der Waals surface area (Å²) in [6.45, 7) is 5.80. The number of ether oxygens (including phenoxy) is 2. The fraction of sp³-hybridized carbons (Fsp3) is 0.265. The number of halogens is 1. The van der Waals surface area contributed by atoms with Crippen LogP contribution in [-0.2, 0) is 19.8 Å². The van der Waals surface area contributed by atoms with Crippen LogP contribution < -0.4 is 9.47 Å². The van der Waals surface area contributed by atoms with Crippen molar-refractivity contribution in [2.45, 2.75) is 45.9 Å². The van der Waals surface area contributed by atoms with E-state index in [1.165, 1.54) is 36.0 Å². The Hall–Kier alpha value is -3.78. The summed E-state index contributed by atoms with van der Waals surface area (Å²) in [6, 6.07) is 30.4. The van der Waals surface area contributed by atoms with Crippen LogP contribution in [0.3, 0.4) is 0 Å². The Balaban J connectivity index is 1.38. The van der Waals surface area contributed by atoms with Gasteiger partial charge in [-0.2, -0.15) is 5.26 Å². The Bertz CT molecular complexity index is 1460. The summed E-state index contributed by atoms with van der Waals surface area (Å²) in [7, 11) is 0. The van der Waals surface area contributed by atoms with Gasteiger partial charge in [0.05, 0.1) is 11.6 Å². The number of benzene rings is 4. The zero-order valence-electron chi connectivity index (χ0n) is 22.3. The molecule has 1 heterocycles. The number of likely N-dealkylation sites (tertiary alicyclic amines) is 1. The molecule has 5 heteroatoms. The molecule has 1 aliphatic rings. The first-order chi connectivity index (χ1) is 19.1. The maximum absolute atomic E-state index is 9.27. The van der Waals surface area contributed by atoms with Gasteiger partial charge in [0.15, 0.2) is 0 Å². The molecule has 0 unspecified atom stereocenters. The van der Waals surface area contributed by atoms with Gasteiger partial charge in [-0.05, 0) is 78.9 Å². The lowest BCUT2D eigenvalue weighted by Crippen LogP contribution is -2.29. The van der Waals surface area contributed by atoms with Crippen molar-refractivity contribution < 1.29 is 9.47 Å². The first kappa shape index (κ1) is 26.8. The largest absolute Gasteiger partial charge is 0.487 e. The minimum atomic E-state index is 0.323. The van der Waals surface area contributed by atoms with Crippen molar-refractivity contribution in [2.24, 2.45) is 0 Å². The molecule has 0 N–H and O–H groups in total. The summed E-state index contributed by atoms with van der Waals surface area (Å²) < 4.78 is 12.6. The standard InChI is InChI=1S/C34H33ClN2O2/c1-25-30(14-9-15-31(25)28-12-4-2-5-13-28)24-38-32-17-16-29(22-37-18-6-3-7-19-37)34(33(32)35)39-23-27-11-8-10-26(20-27)21-36/h2,4-5,8-17,20H,3,6-7,18-19,22-24H2,1H3. The highest BCUT2D eigenvalue weighted by Crippen LogP contribution is 2.39. The van der Waals surface area contributed by atoms with E-state index in [1.807, 2.05) is 30.3 Å². The van der Waals surface area contributed by atoms with Crippen molar-refractivity contribution in [1.29, 1.82) is 5.26 Å². The third kappa shape index (κ3) is 6.63. The van der Waals surface area contributed by atoms with Gasteiger partial charge in [0.1, 0.15) is 29.7 Å². The molecule has 0 spiro atoms. The molecule has 0 saturated carbocycles. The lowest BCUT2D eigenvalue weighted by Gasteiger charge is -2.27. The summed E-state index contributed by atoms with van der Waals surface area (Å²) in [5, 5.41) is 9.76. The van der Waals surface area contributed by atoms with E-state index in [1.54, 1.807) is 6.07 Å². The highest BCUT2D eigenvalue weighted by Gasteiger charge is 2.19. The second kappa shape index (κ2) is 12.8. The molecule has 4 aromatic rings. The molecule has 5 rings (SSSR count). The average molecular weight is 537 g/mol. The topological polar surface area (TPSA) is 45.5 Å². The van der Waals surface area contributed by atoms with Gasteiger partial charge in [0.2, 0.25) is 0 Å². The molecule has 1 saturated heterocycles. The molecule has 0 amide bonds. The first-order valence-electron chi connectivity index (χ1n) is 13.5. The quantitative estimate of drug-likeness (QED) is 0.216. The highest BCUT2D eigenvalue weighted by molar-refractivity contribution is 6.33. The lowest BCUT2D eigenvalue weighted by atomic mass is 9.97. The molecule has 0 atom stereocenters. The van der Waals surface area contributed by atoms with Gasteiger partial charge in [0.25, 0.3) is 0 Å². The molecule has 1 fully saturated rings. The van der Waals surface area contributed by atoms with E-state index in [9.17, 15) is 5.26 Å². The number of piperidine rings is 1. The minimum Gasteiger partial charge on any atom is -0.487 e. The predicted octanol–water partition coefficient (Wildman–Crippen LogP) is 8.33. The van der Waals surface area contributed by atoms with Crippen LogP contribution in [0, 0.1) is 18.3 Å². The maximum Gasteiger partial charge on any atom is 0.146 e. The fourth-order valence-corrected chi connectivity index (χ4v) is 5.43. The number of nitriles is 1. The van der Waals surface area contributed by atoms with E-state index in [4.69, 9.17) is 21.1 Å². The Labute approximate surface area is 236 Å². The lowest BCUT2D eigenvalue weighted by molar-refractivity contribution is 0.214. The third-order valence-corrected chi connectivity index (χ3v) is 7.70. The van der Waals surface area contributed by atoms with Crippen LogP contribution in [0.2, 0.25) is 5.02 Å². The molecule has 0 bridgehead atoms. The van der Waals surface area contributed by atoms with E-state index in [0.29, 0.717) is 35.3 Å². The molecule has 198 valence electrons. The van der Waals surface area contributed by atoms with E-state index in [-0.39, 0.29) is 0 Å². The Morgan fingerprint density at radius 2 is 1.62 bits per heavy atom. The van der Waals surface area contributed by atoms with Crippen molar-refractivity contribution in [3.63, 3.8) is 0 Å². The second-order valence-electron chi connectivity index (χ2n) is 10.0. The molecular weight excluding hydrogens is 504 g/mol. The summed E-state index contributed by atoms with van der Waals surface area (Å²) in [5.41, 5.74) is 7.27. The molecular formula is C34H33ClN2O2. The van der Waals surface area contributed by atoms with Crippen LogP contribution in [0.15, 0.2) is 84.9 Å². The Morgan fingerprint density at radius 1 is 0.821 bits per heavy atom. The molecule has 4 nitrogen and oxygen atoms in total. The van der Waals surface area contributed by atoms with Crippen LogP contribution in [0.5, 0.6) is 11.5 Å². The smallest absolute Gasteiger partial charge is 0.146 e. The van der Waals surface area contributed by atoms with Gasteiger partial charge in [-0.1, -0.05) is 84.8 Å². The molecule has 0 aliphatic carbocycles. The Kier molecular flexibility index (Phi) is 8.83. The van der Waals surface area contributed by atoms with Crippen molar-refractivity contribution >= 4 is 11.6 Å². The fourth-order valence-electron chi connectivity index (χ4n) is 5.14. The van der Waals surface area contributed by atoms with Crippen molar-refractivity contribution in [1.82, 2.24) is 4.90 Å². The molecule has 4 aromatic carbocycles. The summed E-state index contributed by atoms with van der Waals surface area (Å²) >= 11 is 6.97. The first-order valence-corrected chi connectivity index (χ1v) is 13.9. The van der Waals surface area contributed by atoms with Gasteiger partial charge in [-0.25, -0.2) is 0 Å². The average Bonchev–Trinajstić information content (AvgIpc) is 2.98. The Morgan fingerprint density at radius 3 is 2.41 bits per heavy atom. The number of nitrogens with zero attached hydrogens (tertiary/aromatic N) is 2. The maximum atomic E-state index is 9.27. The second-order valence-corrected chi connectivity index (χ2v) is 10.4. The van der Waals surface area contributed by atoms with Crippen LogP contribution in [0.25, 0.3) is 11.1 Å². The number of hydrogen-bond acceptors (Lipinski definition) is 4. The minimum absolute atomic E-state index is 0.323. The zero-order chi connectivity index (χ0) is 27.0. The molecule has 0 aromatic heterocycles. The zero-order valence-corrected chi connectivity index (χ0v) is 23.1. The summed E-state index contributed by atoms with van der Waals surface area (Å²) in [5.74, 6) is 1.25. The van der Waals surface area contributed by atoms with Crippen molar-refractivity contribution in [2.75, 3.05) is 13.1 Å². The van der Waals surface area contributed by atoms with Crippen molar-refractivity contribution in [3.8, 4) is 28.7 Å². The van der Waals surface area contributed by atoms with E-state index in [0.717, 1.165) is 36.3 Å². The van der Waals surface area contributed by atoms with Crippen LogP contribution in [0.1, 0.15) is 47.1 Å². The van der Waals surface area contributed by atoms with E-state index < -0.39 is 0 Å². The normalized spacial score (nSPS) is 13.6. The monoisotopic (exact) mass is 536 g/mol. The highest BCUT2D eigenvalue weighted by atomic mass is 35.5. The van der Waals surface area contributed by atoms with Crippen molar-refractivity contribution in [3.05, 3.63) is 118 Å². The molecule has 1 aliphatic heterocycles. The van der Waals surface area contributed by atoms with Gasteiger partial charge < -0.3 is 9.47 Å². The van der Waals surface area contributed by atoms with Gasteiger partial charge in [-0.3, -0.25) is 4.90 Å².